The summed E-state index contributed by atoms with van der Waals surface area (Å²) in [5.74, 6) is 0.896. The molecule has 1 aliphatic carbocycles. The van der Waals surface area contributed by atoms with Crippen molar-refractivity contribution in [3.05, 3.63) is 0 Å². The first-order valence-corrected chi connectivity index (χ1v) is 5.74. The molecular formula is C12H24O. The highest BCUT2D eigenvalue weighted by Crippen LogP contribution is 2.38. The number of hydrogen-bond donors (Lipinski definition) is 0. The van der Waals surface area contributed by atoms with Gasteiger partial charge in [-0.3, -0.25) is 0 Å². The molecule has 0 bridgehead atoms. The van der Waals surface area contributed by atoms with E-state index in [1.807, 2.05) is 0 Å². The first-order chi connectivity index (χ1) is 6.17. The van der Waals surface area contributed by atoms with Gasteiger partial charge in [-0.2, -0.15) is 0 Å². The fourth-order valence-electron chi connectivity index (χ4n) is 2.37. The van der Waals surface area contributed by atoms with E-state index in [4.69, 9.17) is 4.74 Å². The molecule has 0 aromatic rings. The van der Waals surface area contributed by atoms with Crippen molar-refractivity contribution in [2.75, 3.05) is 13.2 Å². The quantitative estimate of drug-likeness (QED) is 0.648. The Bertz CT molecular complexity index is 134. The van der Waals surface area contributed by atoms with Crippen molar-refractivity contribution in [2.45, 2.75) is 52.9 Å². The summed E-state index contributed by atoms with van der Waals surface area (Å²) in [6, 6.07) is 0. The maximum absolute atomic E-state index is 5.55. The predicted octanol–water partition coefficient (Wildman–Crippen LogP) is 3.63. The third-order valence-corrected chi connectivity index (χ3v) is 3.39. The molecule has 0 unspecified atom stereocenters. The van der Waals surface area contributed by atoms with Crippen LogP contribution < -0.4 is 0 Å². The summed E-state index contributed by atoms with van der Waals surface area (Å²) in [6.45, 7) is 8.60. The van der Waals surface area contributed by atoms with Gasteiger partial charge in [0.05, 0.1) is 6.61 Å². The highest BCUT2D eigenvalue weighted by molar-refractivity contribution is 4.80. The third kappa shape index (κ3) is 3.30. The Morgan fingerprint density at radius 1 is 1.15 bits per heavy atom. The van der Waals surface area contributed by atoms with Crippen LogP contribution in [0.5, 0.6) is 0 Å². The molecule has 0 spiro atoms. The molecule has 0 aliphatic heterocycles. The minimum atomic E-state index is 0.399. The monoisotopic (exact) mass is 184 g/mol. The van der Waals surface area contributed by atoms with Crippen LogP contribution in [0.25, 0.3) is 0 Å². The van der Waals surface area contributed by atoms with Gasteiger partial charge in [-0.05, 0) is 31.1 Å². The van der Waals surface area contributed by atoms with Crippen LogP contribution in [0.2, 0.25) is 0 Å². The molecule has 13 heavy (non-hydrogen) atoms. The lowest BCUT2D eigenvalue weighted by atomic mass is 9.71. The average molecular weight is 184 g/mol. The lowest BCUT2D eigenvalue weighted by Gasteiger charge is -2.36. The molecule has 1 aliphatic rings. The maximum Gasteiger partial charge on any atom is 0.0519 e. The standard InChI is InChI=1S/C12H24O/c1-4-13-10-12(2,3)11-8-6-5-7-9-11/h11H,4-10H2,1-3H3. The molecule has 0 aromatic heterocycles. The van der Waals surface area contributed by atoms with E-state index >= 15 is 0 Å². The van der Waals surface area contributed by atoms with Gasteiger partial charge in [0.15, 0.2) is 0 Å². The molecule has 1 saturated carbocycles. The van der Waals surface area contributed by atoms with Crippen molar-refractivity contribution in [1.82, 2.24) is 0 Å². The Balaban J connectivity index is 2.36. The van der Waals surface area contributed by atoms with Crippen LogP contribution in [-0.4, -0.2) is 13.2 Å². The van der Waals surface area contributed by atoms with Crippen molar-refractivity contribution < 1.29 is 4.74 Å². The van der Waals surface area contributed by atoms with Gasteiger partial charge in [0.1, 0.15) is 0 Å². The van der Waals surface area contributed by atoms with Crippen LogP contribution in [0.4, 0.5) is 0 Å². The van der Waals surface area contributed by atoms with Crippen LogP contribution >= 0.6 is 0 Å². The van der Waals surface area contributed by atoms with Crippen LogP contribution in [0.15, 0.2) is 0 Å². The molecule has 0 atom stereocenters. The van der Waals surface area contributed by atoms with Crippen molar-refractivity contribution in [3.63, 3.8) is 0 Å². The smallest absolute Gasteiger partial charge is 0.0519 e. The van der Waals surface area contributed by atoms with E-state index in [1.165, 1.54) is 32.1 Å². The second-order valence-corrected chi connectivity index (χ2v) is 4.96. The first-order valence-electron chi connectivity index (χ1n) is 5.74. The first kappa shape index (κ1) is 11.0. The lowest BCUT2D eigenvalue weighted by molar-refractivity contribution is 0.0223. The van der Waals surface area contributed by atoms with E-state index in [2.05, 4.69) is 20.8 Å². The van der Waals surface area contributed by atoms with Gasteiger partial charge in [-0.1, -0.05) is 33.1 Å². The summed E-state index contributed by atoms with van der Waals surface area (Å²) >= 11 is 0. The van der Waals surface area contributed by atoms with Gasteiger partial charge in [0, 0.05) is 6.61 Å². The SMILES string of the molecule is CCOCC(C)(C)C1CCCCC1. The summed E-state index contributed by atoms with van der Waals surface area (Å²) in [5.41, 5.74) is 0.399. The molecule has 0 N–H and O–H groups in total. The summed E-state index contributed by atoms with van der Waals surface area (Å²) in [5, 5.41) is 0. The lowest BCUT2D eigenvalue weighted by Crippen LogP contribution is -2.30. The third-order valence-electron chi connectivity index (χ3n) is 3.39. The van der Waals surface area contributed by atoms with E-state index in [9.17, 15) is 0 Å². The van der Waals surface area contributed by atoms with Crippen LogP contribution in [-0.2, 0) is 4.74 Å². The maximum atomic E-state index is 5.55. The Hall–Kier alpha value is -0.0400. The fraction of sp³-hybridized carbons (Fsp3) is 1.00. The van der Waals surface area contributed by atoms with Crippen LogP contribution in [0.1, 0.15) is 52.9 Å². The molecule has 1 nitrogen and oxygen atoms in total. The molecular weight excluding hydrogens is 160 g/mol. The Morgan fingerprint density at radius 3 is 2.31 bits per heavy atom. The van der Waals surface area contributed by atoms with Gasteiger partial charge in [-0.15, -0.1) is 0 Å². The second kappa shape index (κ2) is 4.99. The predicted molar refractivity (Wildman–Crippen MR) is 56.8 cm³/mol. The molecule has 1 heteroatoms. The molecule has 0 saturated heterocycles. The number of hydrogen-bond acceptors (Lipinski definition) is 1. The minimum absolute atomic E-state index is 0.399. The molecule has 0 aromatic carbocycles. The summed E-state index contributed by atoms with van der Waals surface area (Å²) in [7, 11) is 0. The highest BCUT2D eigenvalue weighted by atomic mass is 16.5. The van der Waals surface area contributed by atoms with E-state index < -0.39 is 0 Å². The number of ether oxygens (including phenoxy) is 1. The van der Waals surface area contributed by atoms with Gasteiger partial charge in [-0.25, -0.2) is 0 Å². The van der Waals surface area contributed by atoms with E-state index in [0.717, 1.165) is 19.1 Å². The molecule has 1 fully saturated rings. The Labute approximate surface area is 82.9 Å². The van der Waals surface area contributed by atoms with Crippen molar-refractivity contribution in [1.29, 1.82) is 0 Å². The van der Waals surface area contributed by atoms with Crippen LogP contribution in [0.3, 0.4) is 0 Å². The summed E-state index contributed by atoms with van der Waals surface area (Å²) in [6.07, 6.45) is 7.14. The largest absolute Gasteiger partial charge is 0.381 e. The average Bonchev–Trinajstić information content (AvgIpc) is 2.16. The topological polar surface area (TPSA) is 9.23 Å². The zero-order valence-corrected chi connectivity index (χ0v) is 9.44. The molecule has 78 valence electrons. The van der Waals surface area contributed by atoms with Gasteiger partial charge < -0.3 is 4.74 Å². The van der Waals surface area contributed by atoms with Crippen molar-refractivity contribution in [3.8, 4) is 0 Å². The van der Waals surface area contributed by atoms with Crippen molar-refractivity contribution in [2.24, 2.45) is 11.3 Å². The zero-order chi connectivity index (χ0) is 9.73. The van der Waals surface area contributed by atoms with E-state index in [-0.39, 0.29) is 0 Å². The van der Waals surface area contributed by atoms with Crippen molar-refractivity contribution >= 4 is 0 Å². The molecule has 0 amide bonds. The van der Waals surface area contributed by atoms with Crippen LogP contribution in [0, 0.1) is 11.3 Å². The van der Waals surface area contributed by atoms with E-state index in [1.54, 1.807) is 0 Å². The minimum Gasteiger partial charge on any atom is -0.381 e. The van der Waals surface area contributed by atoms with Gasteiger partial charge in [0.25, 0.3) is 0 Å². The Morgan fingerprint density at radius 2 is 1.77 bits per heavy atom. The van der Waals surface area contributed by atoms with E-state index in [0.29, 0.717) is 5.41 Å². The summed E-state index contributed by atoms with van der Waals surface area (Å²) < 4.78 is 5.55. The highest BCUT2D eigenvalue weighted by Gasteiger charge is 2.30. The molecule has 0 heterocycles. The normalized spacial score (nSPS) is 20.5. The zero-order valence-electron chi connectivity index (χ0n) is 9.44. The molecule has 0 radical (unpaired) electrons. The molecule has 1 rings (SSSR count). The number of rotatable bonds is 4. The summed E-state index contributed by atoms with van der Waals surface area (Å²) in [4.78, 5) is 0. The van der Waals surface area contributed by atoms with Gasteiger partial charge >= 0.3 is 0 Å². The fourth-order valence-corrected chi connectivity index (χ4v) is 2.37. The second-order valence-electron chi connectivity index (χ2n) is 4.96. The Kier molecular flexibility index (Phi) is 4.24. The van der Waals surface area contributed by atoms with Gasteiger partial charge in [0.2, 0.25) is 0 Å².